The van der Waals surface area contributed by atoms with Crippen LogP contribution in [0.15, 0.2) is 24.5 Å². The van der Waals surface area contributed by atoms with Crippen molar-refractivity contribution < 1.29 is 9.18 Å². The number of carbonyl (C=O) groups is 1. The molecular formula is C26H33FN6OS. The van der Waals surface area contributed by atoms with Gasteiger partial charge in [0.25, 0.3) is 5.91 Å². The van der Waals surface area contributed by atoms with Crippen LogP contribution in [0.5, 0.6) is 0 Å². The number of nitrogens with one attached hydrogen (secondary N) is 1. The van der Waals surface area contributed by atoms with Crippen LogP contribution in [-0.2, 0) is 0 Å². The zero-order valence-corrected chi connectivity index (χ0v) is 21.7. The molecule has 1 atom stereocenters. The zero-order valence-electron chi connectivity index (χ0n) is 20.8. The molecule has 0 spiro atoms. The molecule has 1 aliphatic heterocycles. The molecule has 186 valence electrons. The van der Waals surface area contributed by atoms with Crippen molar-refractivity contribution in [3.8, 4) is 0 Å². The van der Waals surface area contributed by atoms with E-state index in [0.717, 1.165) is 58.7 Å². The van der Waals surface area contributed by atoms with Crippen LogP contribution in [0.1, 0.15) is 53.8 Å². The number of hydrogen-bond acceptors (Lipinski definition) is 7. The summed E-state index contributed by atoms with van der Waals surface area (Å²) in [6.07, 6.45) is 8.06. The number of thiophene rings is 1. The Morgan fingerprint density at radius 2 is 1.94 bits per heavy atom. The summed E-state index contributed by atoms with van der Waals surface area (Å²) in [6.45, 7) is 4.88. The summed E-state index contributed by atoms with van der Waals surface area (Å²) < 4.78 is 16.1. The SMILES string of the molecule is C[C@@H]1CN(C)CCN1c1cnc(Nc2cc3c(C4CCCC4)c(C(=O)N(C)C)sc3cn2)c(F)c1. The zero-order chi connectivity index (χ0) is 24.7. The molecule has 7 nitrogen and oxygen atoms in total. The van der Waals surface area contributed by atoms with E-state index in [4.69, 9.17) is 0 Å². The third-order valence-corrected chi connectivity index (χ3v) is 8.36. The number of pyridine rings is 2. The van der Waals surface area contributed by atoms with Gasteiger partial charge in [-0.3, -0.25) is 4.79 Å². The average Bonchev–Trinajstić information content (AvgIpc) is 3.47. The normalized spacial score (nSPS) is 19.5. The Balaban J connectivity index is 1.44. The molecule has 1 amide bonds. The van der Waals surface area contributed by atoms with Gasteiger partial charge in [0.2, 0.25) is 0 Å². The highest BCUT2D eigenvalue weighted by Gasteiger charge is 2.28. The van der Waals surface area contributed by atoms with Gasteiger partial charge in [-0.25, -0.2) is 14.4 Å². The number of fused-ring (bicyclic) bond motifs is 1. The van der Waals surface area contributed by atoms with E-state index in [1.165, 1.54) is 24.2 Å². The van der Waals surface area contributed by atoms with Crippen LogP contribution in [-0.4, -0.2) is 72.5 Å². The van der Waals surface area contributed by atoms with Gasteiger partial charge in [-0.2, -0.15) is 0 Å². The number of nitrogens with zero attached hydrogens (tertiary/aromatic N) is 5. The first-order valence-corrected chi connectivity index (χ1v) is 13.2. The molecule has 1 saturated heterocycles. The highest BCUT2D eigenvalue weighted by Crippen LogP contribution is 2.44. The second-order valence-corrected chi connectivity index (χ2v) is 11.1. The van der Waals surface area contributed by atoms with E-state index in [1.807, 2.05) is 6.07 Å². The summed E-state index contributed by atoms with van der Waals surface area (Å²) in [4.78, 5) is 28.8. The molecule has 5 rings (SSSR count). The molecule has 2 aliphatic rings. The molecule has 9 heteroatoms. The number of carbonyl (C=O) groups excluding carboxylic acids is 1. The Morgan fingerprint density at radius 3 is 2.63 bits per heavy atom. The quantitative estimate of drug-likeness (QED) is 0.532. The Morgan fingerprint density at radius 1 is 1.17 bits per heavy atom. The average molecular weight is 497 g/mol. The van der Waals surface area contributed by atoms with Gasteiger partial charge >= 0.3 is 0 Å². The summed E-state index contributed by atoms with van der Waals surface area (Å²) in [6, 6.07) is 3.80. The van der Waals surface area contributed by atoms with Crippen molar-refractivity contribution in [3.05, 3.63) is 40.8 Å². The van der Waals surface area contributed by atoms with E-state index in [0.29, 0.717) is 17.8 Å². The van der Waals surface area contributed by atoms with Crippen molar-refractivity contribution in [3.63, 3.8) is 0 Å². The maximum atomic E-state index is 15.1. The Hall–Kier alpha value is -2.78. The van der Waals surface area contributed by atoms with Crippen LogP contribution in [0.25, 0.3) is 10.1 Å². The highest BCUT2D eigenvalue weighted by atomic mass is 32.1. The van der Waals surface area contributed by atoms with E-state index >= 15 is 4.39 Å². The van der Waals surface area contributed by atoms with Gasteiger partial charge in [0, 0.05) is 57.4 Å². The third-order valence-electron chi connectivity index (χ3n) is 7.21. The summed E-state index contributed by atoms with van der Waals surface area (Å²) >= 11 is 1.50. The number of likely N-dealkylation sites (N-methyl/N-ethyl adjacent to an activating group) is 1. The van der Waals surface area contributed by atoms with Gasteiger partial charge in [0.15, 0.2) is 11.6 Å². The number of aromatic nitrogens is 2. The number of halogens is 1. The lowest BCUT2D eigenvalue weighted by Crippen LogP contribution is -2.50. The fourth-order valence-electron chi connectivity index (χ4n) is 5.39. The smallest absolute Gasteiger partial charge is 0.263 e. The predicted octanol–water partition coefficient (Wildman–Crippen LogP) is 5.07. The summed E-state index contributed by atoms with van der Waals surface area (Å²) in [5.41, 5.74) is 1.92. The second-order valence-electron chi connectivity index (χ2n) is 10.0. The molecule has 1 saturated carbocycles. The third kappa shape index (κ3) is 4.71. The van der Waals surface area contributed by atoms with Crippen LogP contribution in [0.4, 0.5) is 21.7 Å². The standard InChI is InChI=1S/C26H33FN6OS/c1-16-15-32(4)9-10-33(16)18-11-20(27)25(29-13-18)30-22-12-19-21(14-28-22)35-24(26(34)31(2)3)23(19)17-7-5-6-8-17/h11-14,16-17H,5-10,15H2,1-4H3,(H,28,29,30)/t16-/m1/s1. The second kappa shape index (κ2) is 9.70. The first-order valence-electron chi connectivity index (χ1n) is 12.3. The molecule has 0 bridgehead atoms. The van der Waals surface area contributed by atoms with Gasteiger partial charge in [-0.05, 0) is 44.4 Å². The largest absolute Gasteiger partial charge is 0.365 e. The minimum atomic E-state index is -0.402. The maximum Gasteiger partial charge on any atom is 0.263 e. The fourth-order valence-corrected chi connectivity index (χ4v) is 6.65. The minimum absolute atomic E-state index is 0.0315. The van der Waals surface area contributed by atoms with E-state index < -0.39 is 5.82 Å². The van der Waals surface area contributed by atoms with Gasteiger partial charge in [0.1, 0.15) is 5.82 Å². The molecule has 1 aliphatic carbocycles. The first-order chi connectivity index (χ1) is 16.8. The number of piperazine rings is 1. The number of anilines is 3. The summed E-state index contributed by atoms with van der Waals surface area (Å²) in [7, 11) is 5.68. The van der Waals surface area contributed by atoms with Crippen molar-refractivity contribution in [2.75, 3.05) is 51.0 Å². The molecule has 4 heterocycles. The van der Waals surface area contributed by atoms with Gasteiger partial charge < -0.3 is 20.0 Å². The van der Waals surface area contributed by atoms with Crippen molar-refractivity contribution in [1.29, 1.82) is 0 Å². The number of amides is 1. The van der Waals surface area contributed by atoms with Crippen LogP contribution in [0.3, 0.4) is 0 Å². The molecular weight excluding hydrogens is 463 g/mol. The molecule has 0 aromatic carbocycles. The summed E-state index contributed by atoms with van der Waals surface area (Å²) in [5.74, 6) is 0.692. The lowest BCUT2D eigenvalue weighted by Gasteiger charge is -2.39. The van der Waals surface area contributed by atoms with Crippen LogP contribution in [0, 0.1) is 5.82 Å². The molecule has 3 aromatic heterocycles. The Kier molecular flexibility index (Phi) is 6.63. The van der Waals surface area contributed by atoms with Crippen molar-refractivity contribution >= 4 is 44.7 Å². The first kappa shape index (κ1) is 23.9. The number of rotatable bonds is 5. The van der Waals surface area contributed by atoms with Gasteiger partial charge in [-0.15, -0.1) is 11.3 Å². The lowest BCUT2D eigenvalue weighted by atomic mass is 9.94. The molecule has 2 fully saturated rings. The molecule has 0 radical (unpaired) electrons. The topological polar surface area (TPSA) is 64.6 Å². The predicted molar refractivity (Wildman–Crippen MR) is 141 cm³/mol. The van der Waals surface area contributed by atoms with Crippen LogP contribution >= 0.6 is 11.3 Å². The summed E-state index contributed by atoms with van der Waals surface area (Å²) in [5, 5.41) is 4.11. The van der Waals surface area contributed by atoms with E-state index in [1.54, 1.807) is 37.5 Å². The van der Waals surface area contributed by atoms with E-state index in [2.05, 4.69) is 39.1 Å². The highest BCUT2D eigenvalue weighted by molar-refractivity contribution is 7.21. The van der Waals surface area contributed by atoms with Crippen molar-refractivity contribution in [2.45, 2.75) is 44.6 Å². The van der Waals surface area contributed by atoms with Crippen LogP contribution < -0.4 is 10.2 Å². The number of hydrogen-bond donors (Lipinski definition) is 1. The lowest BCUT2D eigenvalue weighted by molar-refractivity contribution is 0.0831. The van der Waals surface area contributed by atoms with Gasteiger partial charge in [-0.1, -0.05) is 12.8 Å². The van der Waals surface area contributed by atoms with E-state index in [-0.39, 0.29) is 11.7 Å². The fraction of sp³-hybridized carbons (Fsp3) is 0.500. The van der Waals surface area contributed by atoms with Gasteiger partial charge in [0.05, 0.1) is 21.5 Å². The minimum Gasteiger partial charge on any atom is -0.365 e. The van der Waals surface area contributed by atoms with Crippen molar-refractivity contribution in [1.82, 2.24) is 19.8 Å². The monoisotopic (exact) mass is 496 g/mol. The maximum absolute atomic E-state index is 15.1. The molecule has 35 heavy (non-hydrogen) atoms. The Labute approximate surface area is 210 Å². The Bertz CT molecular complexity index is 1240. The van der Waals surface area contributed by atoms with Crippen LogP contribution in [0.2, 0.25) is 0 Å². The molecule has 1 N–H and O–H groups in total. The van der Waals surface area contributed by atoms with Crippen molar-refractivity contribution in [2.24, 2.45) is 0 Å². The van der Waals surface area contributed by atoms with E-state index in [9.17, 15) is 4.79 Å². The molecule has 3 aromatic rings. The molecule has 0 unspecified atom stereocenters.